The third-order valence-corrected chi connectivity index (χ3v) is 3.68. The number of carboxylic acids is 1. The number of ether oxygens (including phenoxy) is 1. The van der Waals surface area contributed by atoms with E-state index >= 15 is 0 Å². The van der Waals surface area contributed by atoms with Crippen molar-refractivity contribution in [3.63, 3.8) is 0 Å². The van der Waals surface area contributed by atoms with E-state index in [9.17, 15) is 14.7 Å². The Labute approximate surface area is 131 Å². The van der Waals surface area contributed by atoms with Gasteiger partial charge in [0.25, 0.3) is 5.89 Å². The van der Waals surface area contributed by atoms with Crippen molar-refractivity contribution in [1.29, 1.82) is 0 Å². The SMILES string of the molecule is Cc1oc(-c2ccco2)nc1CC(=O)N1CCOCC1C(=O)O. The van der Waals surface area contributed by atoms with E-state index in [2.05, 4.69) is 4.98 Å². The van der Waals surface area contributed by atoms with Gasteiger partial charge in [0.05, 0.1) is 31.6 Å². The molecule has 1 N–H and O–H groups in total. The molecule has 1 unspecified atom stereocenters. The smallest absolute Gasteiger partial charge is 0.328 e. The van der Waals surface area contributed by atoms with Crippen molar-refractivity contribution in [3.8, 4) is 11.7 Å². The van der Waals surface area contributed by atoms with Gasteiger partial charge in [-0.25, -0.2) is 9.78 Å². The quantitative estimate of drug-likeness (QED) is 0.899. The van der Waals surface area contributed by atoms with Crippen LogP contribution in [0.25, 0.3) is 11.7 Å². The second-order valence-electron chi connectivity index (χ2n) is 5.19. The molecule has 0 bridgehead atoms. The summed E-state index contributed by atoms with van der Waals surface area (Å²) in [6, 6.07) is 2.46. The van der Waals surface area contributed by atoms with Crippen molar-refractivity contribution in [1.82, 2.24) is 9.88 Å². The number of oxazole rings is 1. The van der Waals surface area contributed by atoms with Crippen LogP contribution in [-0.4, -0.2) is 52.7 Å². The summed E-state index contributed by atoms with van der Waals surface area (Å²) in [6.07, 6.45) is 1.48. The number of carbonyl (C=O) groups is 2. The Morgan fingerprint density at radius 3 is 3.00 bits per heavy atom. The first-order chi connectivity index (χ1) is 11.1. The highest BCUT2D eigenvalue weighted by atomic mass is 16.5. The van der Waals surface area contributed by atoms with Crippen molar-refractivity contribution in [3.05, 3.63) is 29.9 Å². The Kier molecular flexibility index (Phi) is 4.16. The van der Waals surface area contributed by atoms with Crippen LogP contribution in [0.3, 0.4) is 0 Å². The number of aliphatic carboxylic acids is 1. The van der Waals surface area contributed by atoms with E-state index in [4.69, 9.17) is 13.6 Å². The molecule has 1 fully saturated rings. The van der Waals surface area contributed by atoms with E-state index in [1.54, 1.807) is 19.1 Å². The van der Waals surface area contributed by atoms with Crippen molar-refractivity contribution in [2.24, 2.45) is 0 Å². The lowest BCUT2D eigenvalue weighted by Gasteiger charge is -2.32. The van der Waals surface area contributed by atoms with Gasteiger partial charge < -0.3 is 23.6 Å². The van der Waals surface area contributed by atoms with Gasteiger partial charge in [-0.1, -0.05) is 0 Å². The molecule has 1 aliphatic heterocycles. The van der Waals surface area contributed by atoms with Crippen molar-refractivity contribution >= 4 is 11.9 Å². The molecule has 0 radical (unpaired) electrons. The number of amides is 1. The van der Waals surface area contributed by atoms with Gasteiger partial charge >= 0.3 is 5.97 Å². The van der Waals surface area contributed by atoms with Crippen molar-refractivity contribution in [2.75, 3.05) is 19.8 Å². The van der Waals surface area contributed by atoms with Crippen LogP contribution >= 0.6 is 0 Å². The van der Waals surface area contributed by atoms with E-state index < -0.39 is 12.0 Å². The maximum atomic E-state index is 12.4. The summed E-state index contributed by atoms with van der Waals surface area (Å²) in [5.41, 5.74) is 0.469. The Balaban J connectivity index is 1.76. The molecule has 0 spiro atoms. The summed E-state index contributed by atoms with van der Waals surface area (Å²) in [6.45, 7) is 2.27. The largest absolute Gasteiger partial charge is 0.480 e. The van der Waals surface area contributed by atoms with E-state index in [0.29, 0.717) is 29.7 Å². The van der Waals surface area contributed by atoms with Crippen LogP contribution in [0.4, 0.5) is 0 Å². The monoisotopic (exact) mass is 320 g/mol. The molecule has 8 heteroatoms. The van der Waals surface area contributed by atoms with Gasteiger partial charge in [0.2, 0.25) is 5.91 Å². The van der Waals surface area contributed by atoms with Crippen LogP contribution in [0.5, 0.6) is 0 Å². The van der Waals surface area contributed by atoms with E-state index in [-0.39, 0.29) is 25.5 Å². The first-order valence-corrected chi connectivity index (χ1v) is 7.16. The maximum absolute atomic E-state index is 12.4. The molecule has 23 heavy (non-hydrogen) atoms. The van der Waals surface area contributed by atoms with Gasteiger partial charge in [-0.05, 0) is 19.1 Å². The number of morpholine rings is 1. The number of rotatable bonds is 4. The zero-order chi connectivity index (χ0) is 16.4. The highest BCUT2D eigenvalue weighted by Crippen LogP contribution is 2.23. The number of hydrogen-bond acceptors (Lipinski definition) is 6. The molecule has 0 aromatic carbocycles. The number of carboxylic acid groups (broad SMARTS) is 1. The lowest BCUT2D eigenvalue weighted by molar-refractivity contribution is -0.158. The zero-order valence-electron chi connectivity index (χ0n) is 12.5. The number of aryl methyl sites for hydroxylation is 1. The van der Waals surface area contributed by atoms with Crippen LogP contribution in [0.2, 0.25) is 0 Å². The van der Waals surface area contributed by atoms with Crippen LogP contribution < -0.4 is 0 Å². The van der Waals surface area contributed by atoms with Gasteiger partial charge in [0.1, 0.15) is 5.76 Å². The fourth-order valence-electron chi connectivity index (χ4n) is 2.45. The van der Waals surface area contributed by atoms with Crippen LogP contribution in [0, 0.1) is 6.92 Å². The molecule has 0 saturated carbocycles. The molecule has 1 saturated heterocycles. The first-order valence-electron chi connectivity index (χ1n) is 7.16. The molecule has 1 aliphatic rings. The molecular weight excluding hydrogens is 304 g/mol. The highest BCUT2D eigenvalue weighted by Gasteiger charge is 2.33. The number of furan rings is 1. The number of carbonyl (C=O) groups excluding carboxylic acids is 1. The van der Waals surface area contributed by atoms with E-state index in [1.165, 1.54) is 11.2 Å². The summed E-state index contributed by atoms with van der Waals surface area (Å²) < 4.78 is 15.8. The lowest BCUT2D eigenvalue weighted by Crippen LogP contribution is -2.53. The maximum Gasteiger partial charge on any atom is 0.328 e. The molecule has 1 amide bonds. The normalized spacial score (nSPS) is 18.1. The molecule has 8 nitrogen and oxygen atoms in total. The van der Waals surface area contributed by atoms with E-state index in [1.807, 2.05) is 0 Å². The standard InChI is InChI=1S/C15H16N2O6/c1-9-10(16-14(23-9)12-3-2-5-22-12)7-13(18)17-4-6-21-8-11(17)15(19)20/h2-3,5,11H,4,6-8H2,1H3,(H,19,20). The van der Waals surface area contributed by atoms with Gasteiger partial charge in [-0.3, -0.25) is 4.79 Å². The lowest BCUT2D eigenvalue weighted by atomic mass is 10.2. The molecular formula is C15H16N2O6. The zero-order valence-corrected chi connectivity index (χ0v) is 12.5. The molecule has 2 aromatic rings. The van der Waals surface area contributed by atoms with Crippen LogP contribution in [0.15, 0.2) is 27.2 Å². The van der Waals surface area contributed by atoms with Gasteiger partial charge in [-0.15, -0.1) is 0 Å². The Hall–Kier alpha value is -2.61. The summed E-state index contributed by atoms with van der Waals surface area (Å²) in [4.78, 5) is 29.2. The predicted octanol–water partition coefficient (Wildman–Crippen LogP) is 1.10. The Morgan fingerprint density at radius 1 is 1.48 bits per heavy atom. The minimum Gasteiger partial charge on any atom is -0.480 e. The fraction of sp³-hybridized carbons (Fsp3) is 0.400. The summed E-state index contributed by atoms with van der Waals surface area (Å²) in [5.74, 6) is -0.118. The fourth-order valence-corrected chi connectivity index (χ4v) is 2.45. The van der Waals surface area contributed by atoms with Crippen LogP contribution in [0.1, 0.15) is 11.5 Å². The second-order valence-corrected chi connectivity index (χ2v) is 5.19. The minimum absolute atomic E-state index is 0.00346. The predicted molar refractivity (Wildman–Crippen MR) is 76.6 cm³/mol. The van der Waals surface area contributed by atoms with Crippen molar-refractivity contribution < 1.29 is 28.3 Å². The summed E-state index contributed by atoms with van der Waals surface area (Å²) in [5, 5.41) is 9.19. The molecule has 3 rings (SSSR count). The highest BCUT2D eigenvalue weighted by molar-refractivity contribution is 5.85. The van der Waals surface area contributed by atoms with Gasteiger partial charge in [0.15, 0.2) is 11.8 Å². The summed E-state index contributed by atoms with van der Waals surface area (Å²) >= 11 is 0. The molecule has 122 valence electrons. The number of hydrogen-bond donors (Lipinski definition) is 1. The van der Waals surface area contributed by atoms with E-state index in [0.717, 1.165) is 0 Å². The Morgan fingerprint density at radius 2 is 2.30 bits per heavy atom. The van der Waals surface area contributed by atoms with Gasteiger partial charge in [-0.2, -0.15) is 0 Å². The summed E-state index contributed by atoms with van der Waals surface area (Å²) in [7, 11) is 0. The molecule has 0 aliphatic carbocycles. The van der Waals surface area contributed by atoms with Crippen molar-refractivity contribution in [2.45, 2.75) is 19.4 Å². The molecule has 3 heterocycles. The third kappa shape index (κ3) is 3.11. The number of aromatic nitrogens is 1. The average Bonchev–Trinajstić information content (AvgIpc) is 3.17. The third-order valence-electron chi connectivity index (χ3n) is 3.68. The second kappa shape index (κ2) is 6.25. The molecule has 2 aromatic heterocycles. The van der Waals surface area contributed by atoms with Crippen LogP contribution in [-0.2, 0) is 20.7 Å². The number of nitrogens with zero attached hydrogens (tertiary/aromatic N) is 2. The molecule has 1 atom stereocenters. The minimum atomic E-state index is -1.08. The first kappa shape index (κ1) is 15.3. The Bertz CT molecular complexity index is 706. The average molecular weight is 320 g/mol. The van der Waals surface area contributed by atoms with Gasteiger partial charge in [0, 0.05) is 6.54 Å². The topological polar surface area (TPSA) is 106 Å².